The number of fused-ring (bicyclic) bond motifs is 1. The Labute approximate surface area is 176 Å². The smallest absolute Gasteiger partial charge is 0.263 e. The van der Waals surface area contributed by atoms with Crippen LogP contribution in [0.25, 0.3) is 0 Å². The van der Waals surface area contributed by atoms with Crippen molar-refractivity contribution < 1.29 is 4.79 Å². The zero-order valence-electron chi connectivity index (χ0n) is 16.0. The van der Waals surface area contributed by atoms with E-state index in [4.69, 9.17) is 0 Å². The molecule has 1 amide bonds. The molecule has 2 aliphatic heterocycles. The molecule has 0 saturated carbocycles. The van der Waals surface area contributed by atoms with Crippen molar-refractivity contribution in [3.8, 4) is 0 Å². The van der Waals surface area contributed by atoms with E-state index in [1.807, 2.05) is 25.4 Å². The van der Waals surface area contributed by atoms with Crippen LogP contribution >= 0.6 is 24.8 Å². The van der Waals surface area contributed by atoms with E-state index in [1.165, 1.54) is 0 Å². The molecule has 1 saturated heterocycles. The Kier molecular flexibility index (Phi) is 7.69. The number of pyridine rings is 1. The van der Waals surface area contributed by atoms with Crippen molar-refractivity contribution in [2.45, 2.75) is 39.4 Å². The third-order valence-corrected chi connectivity index (χ3v) is 5.47. The quantitative estimate of drug-likeness (QED) is 0.810. The topological polar surface area (TPSA) is 72.2 Å². The summed E-state index contributed by atoms with van der Waals surface area (Å²) >= 11 is 0. The van der Waals surface area contributed by atoms with Gasteiger partial charge in [0.2, 0.25) is 0 Å². The highest BCUT2D eigenvalue weighted by molar-refractivity contribution is 5.95. The van der Waals surface area contributed by atoms with Crippen molar-refractivity contribution >= 4 is 30.7 Å². The van der Waals surface area contributed by atoms with Crippen LogP contribution in [-0.4, -0.2) is 44.6 Å². The molecule has 9 heteroatoms. The van der Waals surface area contributed by atoms with Gasteiger partial charge in [-0.1, -0.05) is 0 Å². The summed E-state index contributed by atoms with van der Waals surface area (Å²) in [6.45, 7) is 6.25. The van der Waals surface area contributed by atoms with Gasteiger partial charge in [-0.3, -0.25) is 9.59 Å². The van der Waals surface area contributed by atoms with Crippen LogP contribution < -0.4 is 10.9 Å². The monoisotopic (exact) mass is 427 g/mol. The third kappa shape index (κ3) is 4.42. The van der Waals surface area contributed by atoms with Gasteiger partial charge in [-0.25, -0.2) is 4.98 Å². The minimum atomic E-state index is -0.183. The molecule has 4 rings (SSSR count). The molecule has 1 atom stereocenters. The van der Waals surface area contributed by atoms with E-state index in [-0.39, 0.29) is 36.3 Å². The molecule has 0 bridgehead atoms. The minimum absolute atomic E-state index is 0. The Bertz CT molecular complexity index is 873. The molecule has 2 aliphatic rings. The number of imidazole rings is 1. The first-order valence-electron chi connectivity index (χ1n) is 9.33. The highest BCUT2D eigenvalue weighted by Crippen LogP contribution is 2.16. The van der Waals surface area contributed by atoms with Gasteiger partial charge in [0.15, 0.2) is 0 Å². The van der Waals surface area contributed by atoms with Crippen LogP contribution in [0, 0.1) is 12.8 Å². The number of hydrogen-bond acceptors (Lipinski definition) is 4. The van der Waals surface area contributed by atoms with Crippen LogP contribution in [0.4, 0.5) is 0 Å². The fraction of sp³-hybridized carbons (Fsp3) is 0.526. The summed E-state index contributed by atoms with van der Waals surface area (Å²) in [7, 11) is 0. The summed E-state index contributed by atoms with van der Waals surface area (Å²) in [6, 6.07) is 1.88. The van der Waals surface area contributed by atoms with Crippen molar-refractivity contribution in [1.82, 2.24) is 24.3 Å². The second kappa shape index (κ2) is 9.58. The number of halogens is 2. The van der Waals surface area contributed by atoms with E-state index in [0.29, 0.717) is 31.1 Å². The number of aryl methyl sites for hydroxylation is 1. The van der Waals surface area contributed by atoms with E-state index in [0.717, 1.165) is 43.9 Å². The highest BCUT2D eigenvalue weighted by Gasteiger charge is 2.26. The number of nitrogens with one attached hydrogen (secondary N) is 1. The minimum Gasteiger partial charge on any atom is -0.332 e. The van der Waals surface area contributed by atoms with Gasteiger partial charge < -0.3 is 19.4 Å². The summed E-state index contributed by atoms with van der Waals surface area (Å²) in [5.41, 5.74) is 0.873. The normalized spacial score (nSPS) is 18.6. The van der Waals surface area contributed by atoms with Crippen LogP contribution in [0.1, 0.15) is 34.6 Å². The number of amides is 1. The van der Waals surface area contributed by atoms with Crippen molar-refractivity contribution in [3.63, 3.8) is 0 Å². The lowest BCUT2D eigenvalue weighted by molar-refractivity contribution is 0.0704. The zero-order chi connectivity index (χ0) is 18.1. The lowest BCUT2D eigenvalue weighted by atomic mass is 9.99. The van der Waals surface area contributed by atoms with E-state index < -0.39 is 0 Å². The Hall–Kier alpha value is -1.83. The van der Waals surface area contributed by atoms with Gasteiger partial charge in [-0.05, 0) is 50.4 Å². The van der Waals surface area contributed by atoms with Gasteiger partial charge in [-0.15, -0.1) is 24.8 Å². The Morgan fingerprint density at radius 2 is 2.11 bits per heavy atom. The lowest BCUT2D eigenvalue weighted by Crippen LogP contribution is -2.42. The largest absolute Gasteiger partial charge is 0.332 e. The second-order valence-electron chi connectivity index (χ2n) is 7.31. The maximum Gasteiger partial charge on any atom is 0.263 e. The van der Waals surface area contributed by atoms with Gasteiger partial charge in [-0.2, -0.15) is 0 Å². The van der Waals surface area contributed by atoms with Crippen molar-refractivity contribution in [3.05, 3.63) is 52.0 Å². The van der Waals surface area contributed by atoms with Gasteiger partial charge in [0.25, 0.3) is 11.5 Å². The molecule has 0 spiro atoms. The van der Waals surface area contributed by atoms with Crippen LogP contribution in [0.5, 0.6) is 0 Å². The van der Waals surface area contributed by atoms with Gasteiger partial charge in [0, 0.05) is 38.2 Å². The fourth-order valence-corrected chi connectivity index (χ4v) is 3.93. The lowest BCUT2D eigenvalue weighted by Gasteiger charge is -2.28. The maximum absolute atomic E-state index is 13.1. The van der Waals surface area contributed by atoms with Gasteiger partial charge in [0.05, 0.1) is 6.54 Å². The summed E-state index contributed by atoms with van der Waals surface area (Å²) in [5.74, 6) is 1.12. The molecule has 0 aromatic carbocycles. The molecule has 1 fully saturated rings. The standard InChI is InChI=1S/C19H25N5O2.2ClH/c1-14-4-7-23(12-15-3-2-5-20-11-15)18(25)17(14)19(26)24-10-9-22-8-6-21-16(22)13-24;;/h4,6-8,15,20H,2-3,5,9-13H2,1H3;2*1H. The fourth-order valence-electron chi connectivity index (χ4n) is 3.93. The highest BCUT2D eigenvalue weighted by atomic mass is 35.5. The SMILES string of the molecule is Cc1ccn(CC2CCCNC2)c(=O)c1C(=O)N1CCn2ccnc2C1.Cl.Cl. The first kappa shape index (κ1) is 22.5. The Balaban J connectivity index is 0.00000140. The van der Waals surface area contributed by atoms with Crippen LogP contribution in [0.15, 0.2) is 29.5 Å². The molecule has 1 unspecified atom stereocenters. The molecule has 0 aliphatic carbocycles. The first-order valence-corrected chi connectivity index (χ1v) is 9.33. The van der Waals surface area contributed by atoms with E-state index in [2.05, 4.69) is 14.9 Å². The summed E-state index contributed by atoms with van der Waals surface area (Å²) in [6.07, 6.45) is 7.76. The number of carbonyl (C=O) groups is 1. The molecule has 0 radical (unpaired) electrons. The summed E-state index contributed by atoms with van der Waals surface area (Å²) in [4.78, 5) is 32.1. The van der Waals surface area contributed by atoms with E-state index in [1.54, 1.807) is 15.7 Å². The van der Waals surface area contributed by atoms with Crippen LogP contribution in [-0.2, 0) is 19.6 Å². The molecule has 4 heterocycles. The summed E-state index contributed by atoms with van der Waals surface area (Å²) in [5, 5.41) is 3.38. The van der Waals surface area contributed by atoms with Crippen LogP contribution in [0.3, 0.4) is 0 Å². The second-order valence-corrected chi connectivity index (χ2v) is 7.31. The predicted molar refractivity (Wildman–Crippen MR) is 112 cm³/mol. The van der Waals surface area contributed by atoms with E-state index in [9.17, 15) is 9.59 Å². The average Bonchev–Trinajstić information content (AvgIpc) is 3.12. The van der Waals surface area contributed by atoms with Crippen molar-refractivity contribution in [1.29, 1.82) is 0 Å². The number of aromatic nitrogens is 3. The first-order chi connectivity index (χ1) is 12.6. The molecule has 7 nitrogen and oxygen atoms in total. The molecule has 2 aromatic rings. The zero-order valence-corrected chi connectivity index (χ0v) is 17.6. The molecule has 2 aromatic heterocycles. The van der Waals surface area contributed by atoms with Gasteiger partial charge in [0.1, 0.15) is 11.4 Å². The maximum atomic E-state index is 13.1. The Morgan fingerprint density at radius 1 is 1.29 bits per heavy atom. The number of rotatable bonds is 3. The van der Waals surface area contributed by atoms with E-state index >= 15 is 0 Å². The molecular weight excluding hydrogens is 401 g/mol. The number of nitrogens with zero attached hydrogens (tertiary/aromatic N) is 4. The molecule has 28 heavy (non-hydrogen) atoms. The Morgan fingerprint density at radius 3 is 2.86 bits per heavy atom. The molecule has 1 N–H and O–H groups in total. The number of carbonyl (C=O) groups excluding carboxylic acids is 1. The number of hydrogen-bond donors (Lipinski definition) is 1. The molecule has 154 valence electrons. The van der Waals surface area contributed by atoms with Crippen LogP contribution in [0.2, 0.25) is 0 Å². The van der Waals surface area contributed by atoms with Crippen molar-refractivity contribution in [2.24, 2.45) is 5.92 Å². The predicted octanol–water partition coefficient (Wildman–Crippen LogP) is 1.85. The summed E-state index contributed by atoms with van der Waals surface area (Å²) < 4.78 is 3.76. The van der Waals surface area contributed by atoms with Crippen molar-refractivity contribution in [2.75, 3.05) is 19.6 Å². The molecular formula is C19H27Cl2N5O2. The van der Waals surface area contributed by atoms with Gasteiger partial charge >= 0.3 is 0 Å². The number of piperidine rings is 1. The third-order valence-electron chi connectivity index (χ3n) is 5.47. The average molecular weight is 428 g/mol.